The Morgan fingerprint density at radius 1 is 0.853 bits per heavy atom. The summed E-state index contributed by atoms with van der Waals surface area (Å²) in [7, 11) is 6.16. The monoisotopic (exact) mass is 955 g/mol. The van der Waals surface area contributed by atoms with Crippen molar-refractivity contribution in [3.05, 3.63) is 47.8 Å². The summed E-state index contributed by atoms with van der Waals surface area (Å²) in [5.74, 6) is -6.07. The lowest BCUT2D eigenvalue weighted by Gasteiger charge is -2.41. The fourth-order valence-corrected chi connectivity index (χ4v) is 10.00. The van der Waals surface area contributed by atoms with Crippen molar-refractivity contribution in [2.75, 3.05) is 34.9 Å². The highest BCUT2D eigenvalue weighted by Crippen LogP contribution is 2.50. The topological polar surface area (TPSA) is 212 Å². The van der Waals surface area contributed by atoms with Crippen LogP contribution in [0.1, 0.15) is 105 Å². The molecule has 1 aromatic rings. The van der Waals surface area contributed by atoms with Gasteiger partial charge < -0.3 is 39.9 Å². The predicted molar refractivity (Wildman–Crippen MR) is 251 cm³/mol. The van der Waals surface area contributed by atoms with E-state index >= 15 is 0 Å². The van der Waals surface area contributed by atoms with Crippen LogP contribution in [0.4, 0.5) is 4.39 Å². The molecule has 1 saturated heterocycles. The Balaban J connectivity index is 1.44. The quantitative estimate of drug-likeness (QED) is 0.0849. The normalized spacial score (nSPS) is 21.1. The Morgan fingerprint density at radius 3 is 2.06 bits per heavy atom. The molecule has 3 aliphatic rings. The maximum absolute atomic E-state index is 14.6. The smallest absolute Gasteiger partial charge is 0.326 e. The molecule has 1 saturated carbocycles. The van der Waals surface area contributed by atoms with E-state index in [-0.39, 0.29) is 90.6 Å². The molecule has 3 unspecified atom stereocenters. The van der Waals surface area contributed by atoms with E-state index in [0.717, 1.165) is 11.3 Å². The third kappa shape index (κ3) is 13.5. The average Bonchev–Trinajstić information content (AvgIpc) is 3.84. The zero-order valence-corrected chi connectivity index (χ0v) is 41.7. The molecule has 11 atom stereocenters. The van der Waals surface area contributed by atoms with Gasteiger partial charge >= 0.3 is 5.97 Å². The van der Waals surface area contributed by atoms with Crippen molar-refractivity contribution in [2.24, 2.45) is 29.6 Å². The summed E-state index contributed by atoms with van der Waals surface area (Å²) in [5.41, 5.74) is 0.147. The van der Waals surface area contributed by atoms with Crippen LogP contribution < -0.4 is 10.6 Å². The number of piperidine rings is 1. The minimum atomic E-state index is -1.40. The average molecular weight is 955 g/mol. The van der Waals surface area contributed by atoms with Crippen molar-refractivity contribution in [3.63, 3.8) is 0 Å². The number of imide groups is 1. The molecule has 378 valence electrons. The molecular weight excluding hydrogens is 880 g/mol. The minimum Gasteiger partial charge on any atom is -0.480 e. The van der Waals surface area contributed by atoms with Gasteiger partial charge in [-0.25, -0.2) is 9.18 Å². The standard InChI is InChI=1S/C50H75FN6O11/c1-12-30(6)45(55(9)49(64)43(28(2)3)53-48(63)44(29(4)5)54(8)39(58)20-14-13-17-23-56-40(59)21-22-41(56)60)38(67-10)27-42(61)57-36-25-33(36)26-37(57)46(68-11)31(7)47(62)52-35(50(65)66)24-32-18-15-16-19-34(32)51/h15-16,18-19,21-22,28-31,33,35-38,43-46H,12-14,17,20,23-27H2,1-11H3,(H,52,62)(H,53,63)(H,65,66)/t30-,31+,33?,35-,36?,37?,38+,43-,44-,45-,46+/m0/s1. The molecule has 68 heavy (non-hydrogen) atoms. The summed E-state index contributed by atoms with van der Waals surface area (Å²) >= 11 is 0. The maximum Gasteiger partial charge on any atom is 0.326 e. The molecule has 2 fully saturated rings. The van der Waals surface area contributed by atoms with Crippen LogP contribution >= 0.6 is 0 Å². The van der Waals surface area contributed by atoms with E-state index in [9.17, 15) is 47.9 Å². The SMILES string of the molecule is CC[C@H](C)[C@@H]([C@@H](CC(=O)N1C2CC2CC1[C@H](OC)[C@@H](C)C(=O)N[C@@H](Cc1ccccc1F)C(=O)O)OC)N(C)C(=O)[C@@H](NC(=O)[C@H](C(C)C)N(C)C(=O)CCCCCN1C(=O)C=CC1=O)C(C)C. The summed E-state index contributed by atoms with van der Waals surface area (Å²) in [6.07, 6.45) is 4.31. The lowest BCUT2D eigenvalue weighted by Crippen LogP contribution is -2.60. The Kier molecular flexibility index (Phi) is 20.3. The second kappa shape index (κ2) is 24.9. The van der Waals surface area contributed by atoms with E-state index in [2.05, 4.69) is 10.6 Å². The van der Waals surface area contributed by atoms with Gasteiger partial charge in [0.25, 0.3) is 11.8 Å². The number of ether oxygens (including phenoxy) is 2. The number of hydrogen-bond donors (Lipinski definition) is 3. The van der Waals surface area contributed by atoms with Crippen LogP contribution in [0.25, 0.3) is 0 Å². The molecule has 4 rings (SSSR count). The van der Waals surface area contributed by atoms with Gasteiger partial charge in [0.05, 0.1) is 36.6 Å². The van der Waals surface area contributed by atoms with E-state index in [1.165, 1.54) is 49.5 Å². The number of unbranched alkanes of at least 4 members (excludes halogenated alkanes) is 2. The first-order chi connectivity index (χ1) is 32.1. The van der Waals surface area contributed by atoms with Gasteiger partial charge in [-0.2, -0.15) is 0 Å². The molecular formula is C50H75FN6O11. The van der Waals surface area contributed by atoms with Gasteiger partial charge in [-0.1, -0.05) is 79.5 Å². The van der Waals surface area contributed by atoms with Crippen LogP contribution in [0.3, 0.4) is 0 Å². The first-order valence-electron chi connectivity index (χ1n) is 24.1. The highest BCUT2D eigenvalue weighted by molar-refractivity contribution is 6.12. The molecule has 0 radical (unpaired) electrons. The van der Waals surface area contributed by atoms with E-state index in [4.69, 9.17) is 9.47 Å². The number of amides is 7. The number of halogens is 1. The summed E-state index contributed by atoms with van der Waals surface area (Å²) in [4.78, 5) is 112. The van der Waals surface area contributed by atoms with Crippen LogP contribution in [0.2, 0.25) is 0 Å². The molecule has 2 heterocycles. The lowest BCUT2D eigenvalue weighted by molar-refractivity contribution is -0.149. The molecule has 0 spiro atoms. The van der Waals surface area contributed by atoms with Crippen LogP contribution in [-0.2, 0) is 54.3 Å². The van der Waals surface area contributed by atoms with Gasteiger partial charge in [0.2, 0.25) is 29.5 Å². The molecule has 17 nitrogen and oxygen atoms in total. The van der Waals surface area contributed by atoms with Crippen molar-refractivity contribution in [1.29, 1.82) is 0 Å². The van der Waals surface area contributed by atoms with Crippen LogP contribution in [-0.4, -0.2) is 155 Å². The number of nitrogens with zero attached hydrogens (tertiary/aromatic N) is 4. The van der Waals surface area contributed by atoms with E-state index in [1.54, 1.807) is 36.9 Å². The minimum absolute atomic E-state index is 0.0805. The lowest BCUT2D eigenvalue weighted by atomic mass is 9.89. The number of carbonyl (C=O) groups excluding carboxylic acids is 7. The predicted octanol–water partition coefficient (Wildman–Crippen LogP) is 3.97. The second-order valence-electron chi connectivity index (χ2n) is 19.6. The number of likely N-dealkylation sites (tertiary alicyclic amines) is 1. The Morgan fingerprint density at radius 2 is 1.50 bits per heavy atom. The van der Waals surface area contributed by atoms with Crippen molar-refractivity contribution >= 4 is 47.3 Å². The maximum atomic E-state index is 14.6. The number of rotatable bonds is 27. The van der Waals surface area contributed by atoms with Gasteiger partial charge in [0.1, 0.15) is 23.9 Å². The number of aliphatic carboxylic acids is 1. The van der Waals surface area contributed by atoms with Crippen LogP contribution in [0.5, 0.6) is 0 Å². The van der Waals surface area contributed by atoms with Gasteiger partial charge in [-0.15, -0.1) is 0 Å². The number of carbonyl (C=O) groups is 8. The molecule has 0 bridgehead atoms. The third-order valence-corrected chi connectivity index (χ3v) is 14.2. The number of benzene rings is 1. The van der Waals surface area contributed by atoms with E-state index in [0.29, 0.717) is 32.1 Å². The summed E-state index contributed by atoms with van der Waals surface area (Å²) in [5, 5.41) is 15.5. The highest BCUT2D eigenvalue weighted by atomic mass is 19.1. The fraction of sp³-hybridized carbons (Fsp3) is 0.680. The van der Waals surface area contributed by atoms with Gasteiger partial charge in [0, 0.05) is 65.9 Å². The number of fused-ring (bicyclic) bond motifs is 1. The largest absolute Gasteiger partial charge is 0.480 e. The molecule has 2 aliphatic heterocycles. The molecule has 7 amide bonds. The first-order valence-corrected chi connectivity index (χ1v) is 24.1. The summed E-state index contributed by atoms with van der Waals surface area (Å²) in [6.45, 7) is 13.1. The number of nitrogens with one attached hydrogen (secondary N) is 2. The Hall–Kier alpha value is -5.23. The van der Waals surface area contributed by atoms with Gasteiger partial charge in [0.15, 0.2) is 0 Å². The van der Waals surface area contributed by atoms with Gasteiger partial charge in [-0.3, -0.25) is 38.5 Å². The third-order valence-electron chi connectivity index (χ3n) is 14.2. The Bertz CT molecular complexity index is 2000. The number of likely N-dealkylation sites (N-methyl/N-ethyl adjacent to an activating group) is 2. The van der Waals surface area contributed by atoms with Crippen molar-refractivity contribution in [3.8, 4) is 0 Å². The molecule has 18 heteroatoms. The van der Waals surface area contributed by atoms with Crippen LogP contribution in [0, 0.1) is 35.4 Å². The fourth-order valence-electron chi connectivity index (χ4n) is 10.00. The van der Waals surface area contributed by atoms with E-state index in [1.807, 2.05) is 41.5 Å². The van der Waals surface area contributed by atoms with Gasteiger partial charge in [-0.05, 0) is 61.0 Å². The number of carboxylic acids is 1. The first kappa shape index (κ1) is 55.4. The highest BCUT2D eigenvalue weighted by Gasteiger charge is 2.57. The summed E-state index contributed by atoms with van der Waals surface area (Å²) in [6, 6.07) is 1.30. The van der Waals surface area contributed by atoms with E-state index < -0.39 is 71.9 Å². The second-order valence-corrected chi connectivity index (χ2v) is 19.6. The van der Waals surface area contributed by atoms with Crippen molar-refractivity contribution < 1.29 is 57.3 Å². The molecule has 1 aliphatic carbocycles. The summed E-state index contributed by atoms with van der Waals surface area (Å²) < 4.78 is 26.4. The number of hydrogen-bond acceptors (Lipinski definition) is 10. The van der Waals surface area contributed by atoms with Crippen molar-refractivity contribution in [1.82, 2.24) is 30.2 Å². The number of carboxylic acid groups (broad SMARTS) is 1. The molecule has 1 aromatic carbocycles. The zero-order valence-electron chi connectivity index (χ0n) is 41.7. The Labute approximate surface area is 400 Å². The van der Waals surface area contributed by atoms with Crippen molar-refractivity contribution in [2.45, 2.75) is 155 Å². The van der Waals surface area contributed by atoms with Crippen LogP contribution in [0.15, 0.2) is 36.4 Å². The number of methoxy groups -OCH3 is 2. The molecule has 0 aromatic heterocycles. The zero-order chi connectivity index (χ0) is 50.7. The molecule has 3 N–H and O–H groups in total.